The molecule has 0 aliphatic heterocycles. The van der Waals surface area contributed by atoms with Crippen LogP contribution < -0.4 is 21.5 Å². The first-order valence-corrected chi connectivity index (χ1v) is 9.89. The molecule has 0 unspecified atom stereocenters. The Morgan fingerprint density at radius 1 is 1.11 bits per heavy atom. The molecule has 0 spiro atoms. The number of nitrogens with one attached hydrogen (secondary N) is 2. The number of hydrogen-bond acceptors (Lipinski definition) is 6. The predicted octanol–water partition coefficient (Wildman–Crippen LogP) is 2.51. The first-order valence-electron chi connectivity index (χ1n) is 8.30. The number of halogens is 2. The van der Waals surface area contributed by atoms with Gasteiger partial charge in [-0.1, -0.05) is 0 Å². The predicted molar refractivity (Wildman–Crippen MR) is 107 cm³/mol. The van der Waals surface area contributed by atoms with Crippen molar-refractivity contribution in [2.45, 2.75) is 25.7 Å². The van der Waals surface area contributed by atoms with Crippen molar-refractivity contribution in [1.29, 1.82) is 0 Å². The molecule has 1 fully saturated rings. The van der Waals surface area contributed by atoms with E-state index in [4.69, 9.17) is 4.74 Å². The summed E-state index contributed by atoms with van der Waals surface area (Å²) in [6, 6.07) is 4.89. The maximum absolute atomic E-state index is 12.1. The molecule has 28 heavy (non-hydrogen) atoms. The molecule has 4 rings (SSSR count). The monoisotopic (exact) mass is 509 g/mol. The van der Waals surface area contributed by atoms with E-state index in [2.05, 4.69) is 52.1 Å². The maximum Gasteiger partial charge on any atom is 0.349 e. The number of benzene rings is 1. The van der Waals surface area contributed by atoms with E-state index in [1.165, 1.54) is 6.92 Å². The fraction of sp³-hybridized carbons (Fsp3) is 0.235. The topological polar surface area (TPSA) is 123 Å². The van der Waals surface area contributed by atoms with E-state index in [1.807, 2.05) is 0 Å². The van der Waals surface area contributed by atoms with Gasteiger partial charge in [0, 0.05) is 11.6 Å². The van der Waals surface area contributed by atoms with Gasteiger partial charge in [-0.25, -0.2) is 9.89 Å². The molecule has 1 aliphatic carbocycles. The van der Waals surface area contributed by atoms with E-state index in [0.717, 1.165) is 17.5 Å². The standard InChI is InChI=1S/C17H13Br2N5O4/c1-7-15(25)20-17(27)24(23-7)9-4-11(18)14(12(19)5-9)28-13-6-10(8-2-3-8)16(26)22-21-13/h4-6,8H,2-3H2,1H3,(H,22,26)(H,20,25,27). The van der Waals surface area contributed by atoms with Crippen LogP contribution in [0.5, 0.6) is 11.6 Å². The molecule has 0 radical (unpaired) electrons. The normalized spacial score (nSPS) is 13.5. The highest BCUT2D eigenvalue weighted by Gasteiger charge is 2.27. The summed E-state index contributed by atoms with van der Waals surface area (Å²) in [7, 11) is 0. The lowest BCUT2D eigenvalue weighted by atomic mass is 10.2. The lowest BCUT2D eigenvalue weighted by Crippen LogP contribution is -2.32. The average molecular weight is 511 g/mol. The number of aryl methyl sites for hydroxylation is 1. The third-order valence-electron chi connectivity index (χ3n) is 4.25. The number of aromatic amines is 2. The van der Waals surface area contributed by atoms with E-state index in [9.17, 15) is 14.4 Å². The lowest BCUT2D eigenvalue weighted by Gasteiger charge is -2.12. The van der Waals surface area contributed by atoms with E-state index < -0.39 is 11.2 Å². The molecule has 11 heteroatoms. The van der Waals surface area contributed by atoms with Crippen LogP contribution in [0.3, 0.4) is 0 Å². The summed E-state index contributed by atoms with van der Waals surface area (Å²) in [5.74, 6) is 0.926. The average Bonchev–Trinajstić information content (AvgIpc) is 3.47. The minimum Gasteiger partial charge on any atom is -0.435 e. The zero-order valence-corrected chi connectivity index (χ0v) is 17.6. The molecule has 2 aromatic heterocycles. The molecule has 2 N–H and O–H groups in total. The van der Waals surface area contributed by atoms with Crippen LogP contribution in [0, 0.1) is 6.92 Å². The van der Waals surface area contributed by atoms with Crippen LogP contribution in [0.1, 0.15) is 30.0 Å². The highest BCUT2D eigenvalue weighted by atomic mass is 79.9. The quantitative estimate of drug-likeness (QED) is 0.556. The second-order valence-corrected chi connectivity index (χ2v) is 8.07. The number of hydrogen-bond donors (Lipinski definition) is 2. The van der Waals surface area contributed by atoms with Gasteiger partial charge >= 0.3 is 5.69 Å². The molecular weight excluding hydrogens is 498 g/mol. The number of ether oxygens (including phenoxy) is 1. The Kier molecular flexibility index (Phi) is 4.79. The highest BCUT2D eigenvalue weighted by molar-refractivity contribution is 9.11. The molecule has 0 bridgehead atoms. The second-order valence-electron chi connectivity index (χ2n) is 6.36. The summed E-state index contributed by atoms with van der Waals surface area (Å²) in [6.07, 6.45) is 1.96. The molecule has 144 valence electrons. The Labute approximate surface area is 174 Å². The van der Waals surface area contributed by atoms with Crippen LogP contribution in [-0.4, -0.2) is 25.0 Å². The van der Waals surface area contributed by atoms with Gasteiger partial charge < -0.3 is 4.74 Å². The van der Waals surface area contributed by atoms with E-state index >= 15 is 0 Å². The number of aromatic nitrogens is 5. The van der Waals surface area contributed by atoms with Crippen LogP contribution in [0.4, 0.5) is 0 Å². The van der Waals surface area contributed by atoms with Crippen molar-refractivity contribution in [1.82, 2.24) is 25.0 Å². The number of H-pyrrole nitrogens is 2. The molecule has 2 heterocycles. The smallest absolute Gasteiger partial charge is 0.349 e. The van der Waals surface area contributed by atoms with Gasteiger partial charge in [-0.2, -0.15) is 9.78 Å². The molecule has 3 aromatic rings. The molecule has 1 aliphatic rings. The minimum atomic E-state index is -0.653. The molecule has 0 saturated heterocycles. The van der Waals surface area contributed by atoms with Gasteiger partial charge in [0.15, 0.2) is 5.75 Å². The molecule has 9 nitrogen and oxygen atoms in total. The van der Waals surface area contributed by atoms with E-state index in [-0.39, 0.29) is 23.1 Å². The second kappa shape index (κ2) is 7.13. The van der Waals surface area contributed by atoms with Crippen molar-refractivity contribution in [2.75, 3.05) is 0 Å². The third kappa shape index (κ3) is 3.59. The van der Waals surface area contributed by atoms with Crippen LogP contribution in [0.25, 0.3) is 5.69 Å². The molecule has 1 aromatic carbocycles. The zero-order valence-electron chi connectivity index (χ0n) is 14.5. The summed E-state index contributed by atoms with van der Waals surface area (Å²) in [5, 5.41) is 10.4. The minimum absolute atomic E-state index is 0.164. The Morgan fingerprint density at radius 3 is 2.43 bits per heavy atom. The summed E-state index contributed by atoms with van der Waals surface area (Å²) >= 11 is 6.83. The summed E-state index contributed by atoms with van der Waals surface area (Å²) < 4.78 is 7.97. The lowest BCUT2D eigenvalue weighted by molar-refractivity contribution is 0.447. The van der Waals surface area contributed by atoms with E-state index in [0.29, 0.717) is 25.9 Å². The van der Waals surface area contributed by atoms with Crippen LogP contribution in [-0.2, 0) is 0 Å². The highest BCUT2D eigenvalue weighted by Crippen LogP contribution is 2.41. The largest absolute Gasteiger partial charge is 0.435 e. The van der Waals surface area contributed by atoms with Crippen LogP contribution >= 0.6 is 31.9 Å². The van der Waals surface area contributed by atoms with Gasteiger partial charge in [0.2, 0.25) is 5.88 Å². The van der Waals surface area contributed by atoms with Crippen LogP contribution in [0.15, 0.2) is 41.5 Å². The van der Waals surface area contributed by atoms with Crippen molar-refractivity contribution >= 4 is 31.9 Å². The maximum atomic E-state index is 12.1. The molecule has 0 amide bonds. The van der Waals surface area contributed by atoms with Crippen molar-refractivity contribution < 1.29 is 4.74 Å². The third-order valence-corrected chi connectivity index (χ3v) is 5.43. The van der Waals surface area contributed by atoms with Crippen molar-refractivity contribution in [3.05, 3.63) is 69.6 Å². The van der Waals surface area contributed by atoms with Gasteiger partial charge in [0.1, 0.15) is 5.69 Å². The summed E-state index contributed by atoms with van der Waals surface area (Å²) in [5.41, 5.74) is -0.147. The van der Waals surface area contributed by atoms with Crippen molar-refractivity contribution in [3.8, 4) is 17.3 Å². The fourth-order valence-corrected chi connectivity index (χ4v) is 4.00. The van der Waals surface area contributed by atoms with Crippen LogP contribution in [0.2, 0.25) is 0 Å². The number of nitrogens with zero attached hydrogens (tertiary/aromatic N) is 3. The van der Waals surface area contributed by atoms with Gasteiger partial charge in [-0.15, -0.1) is 5.10 Å². The van der Waals surface area contributed by atoms with Crippen molar-refractivity contribution in [2.24, 2.45) is 0 Å². The van der Waals surface area contributed by atoms with E-state index in [1.54, 1.807) is 18.2 Å². The Morgan fingerprint density at radius 2 is 1.79 bits per heavy atom. The van der Waals surface area contributed by atoms with Gasteiger partial charge in [0.05, 0.1) is 14.6 Å². The Hall–Kier alpha value is -2.53. The molecule has 0 atom stereocenters. The molecular formula is C17H13Br2N5O4. The Balaban J connectivity index is 1.72. The zero-order chi connectivity index (χ0) is 20.0. The van der Waals surface area contributed by atoms with Crippen molar-refractivity contribution in [3.63, 3.8) is 0 Å². The fourth-order valence-electron chi connectivity index (χ4n) is 2.68. The summed E-state index contributed by atoms with van der Waals surface area (Å²) in [6.45, 7) is 1.51. The Bertz CT molecular complexity index is 1240. The SMILES string of the molecule is Cc1nn(-c2cc(Br)c(Oc3cc(C4CC4)c(=O)[nH]n3)c(Br)c2)c(=O)[nH]c1=O. The first-order chi connectivity index (χ1) is 13.3. The first kappa shape index (κ1) is 18.8. The molecule has 1 saturated carbocycles. The van der Waals surface area contributed by atoms with Gasteiger partial charge in [0.25, 0.3) is 11.1 Å². The van der Waals surface area contributed by atoms with Gasteiger partial charge in [-0.05, 0) is 69.7 Å². The van der Waals surface area contributed by atoms with Gasteiger partial charge in [-0.3, -0.25) is 14.6 Å². The number of rotatable bonds is 4. The summed E-state index contributed by atoms with van der Waals surface area (Å²) in [4.78, 5) is 37.7.